The molecule has 2 N–H and O–H groups in total. The van der Waals surface area contributed by atoms with E-state index < -0.39 is 0 Å². The Morgan fingerprint density at radius 2 is 2.12 bits per heavy atom. The maximum absolute atomic E-state index is 12.2. The van der Waals surface area contributed by atoms with Gasteiger partial charge in [0.1, 0.15) is 0 Å². The molecule has 4 nitrogen and oxygen atoms in total. The lowest BCUT2D eigenvalue weighted by molar-refractivity contribution is -0.124. The predicted octanol–water partition coefficient (Wildman–Crippen LogP) is 0.955. The molecule has 0 radical (unpaired) electrons. The van der Waals surface area contributed by atoms with Crippen molar-refractivity contribution in [3.8, 4) is 0 Å². The lowest BCUT2D eigenvalue weighted by Gasteiger charge is -2.23. The number of carbonyl (C=O) groups is 1. The second kappa shape index (κ2) is 4.94. The van der Waals surface area contributed by atoms with Crippen LogP contribution < -0.4 is 10.6 Å². The van der Waals surface area contributed by atoms with Gasteiger partial charge in [-0.15, -0.1) is 0 Å². The molecule has 4 atom stereocenters. The molecule has 0 aromatic carbocycles. The third-order valence-electron chi connectivity index (χ3n) is 4.31. The van der Waals surface area contributed by atoms with Crippen molar-refractivity contribution < 1.29 is 9.53 Å². The Balaban J connectivity index is 1.52. The fourth-order valence-electron chi connectivity index (χ4n) is 3.33. The van der Waals surface area contributed by atoms with E-state index in [4.69, 9.17) is 4.74 Å². The van der Waals surface area contributed by atoms with Gasteiger partial charge in [-0.1, -0.05) is 12.8 Å². The number of carbonyl (C=O) groups excluding carboxylic acids is 1. The molecule has 4 unspecified atom stereocenters. The normalized spacial score (nSPS) is 41.2. The Bertz CT molecular complexity index is 287. The fraction of sp³-hybridized carbons (Fsp3) is 0.923. The van der Waals surface area contributed by atoms with Crippen LogP contribution in [-0.4, -0.2) is 36.7 Å². The summed E-state index contributed by atoms with van der Waals surface area (Å²) in [6.07, 6.45) is 8.60. The monoisotopic (exact) mass is 238 g/mol. The Labute approximate surface area is 102 Å². The molecule has 3 fully saturated rings. The number of rotatable bonds is 2. The lowest BCUT2D eigenvalue weighted by atomic mass is 9.95. The van der Waals surface area contributed by atoms with Gasteiger partial charge in [0.05, 0.1) is 24.3 Å². The van der Waals surface area contributed by atoms with Crippen molar-refractivity contribution in [2.75, 3.05) is 6.54 Å². The van der Waals surface area contributed by atoms with Crippen molar-refractivity contribution in [2.24, 2.45) is 0 Å². The summed E-state index contributed by atoms with van der Waals surface area (Å²) >= 11 is 0. The van der Waals surface area contributed by atoms with Crippen molar-refractivity contribution in [3.63, 3.8) is 0 Å². The second-order valence-corrected chi connectivity index (χ2v) is 5.58. The summed E-state index contributed by atoms with van der Waals surface area (Å²) < 4.78 is 5.76. The van der Waals surface area contributed by atoms with E-state index in [2.05, 4.69) is 10.6 Å². The van der Waals surface area contributed by atoms with Crippen molar-refractivity contribution in [1.29, 1.82) is 0 Å². The largest absolute Gasteiger partial charge is 0.373 e. The average Bonchev–Trinajstić information content (AvgIpc) is 2.82. The maximum atomic E-state index is 12.2. The molecule has 3 heterocycles. The first-order valence-corrected chi connectivity index (χ1v) is 7.02. The van der Waals surface area contributed by atoms with Gasteiger partial charge in [0, 0.05) is 0 Å². The Morgan fingerprint density at radius 3 is 2.88 bits per heavy atom. The number of amides is 1. The third-order valence-corrected chi connectivity index (χ3v) is 4.31. The van der Waals surface area contributed by atoms with Gasteiger partial charge in [-0.2, -0.15) is 0 Å². The number of hydrogen-bond acceptors (Lipinski definition) is 3. The fourth-order valence-corrected chi connectivity index (χ4v) is 3.33. The van der Waals surface area contributed by atoms with Gasteiger partial charge in [0.2, 0.25) is 5.91 Å². The van der Waals surface area contributed by atoms with E-state index in [1.807, 2.05) is 0 Å². The minimum atomic E-state index is 0.0247. The van der Waals surface area contributed by atoms with Gasteiger partial charge >= 0.3 is 0 Å². The average molecular weight is 238 g/mol. The first kappa shape index (κ1) is 11.5. The van der Waals surface area contributed by atoms with Gasteiger partial charge in [-0.25, -0.2) is 0 Å². The minimum absolute atomic E-state index is 0.0247. The van der Waals surface area contributed by atoms with Crippen LogP contribution in [0.4, 0.5) is 0 Å². The molecule has 0 aromatic heterocycles. The molecule has 17 heavy (non-hydrogen) atoms. The van der Waals surface area contributed by atoms with Crippen LogP contribution in [0.5, 0.6) is 0 Å². The Morgan fingerprint density at radius 1 is 1.18 bits per heavy atom. The molecule has 0 spiro atoms. The van der Waals surface area contributed by atoms with Gasteiger partial charge in [-0.3, -0.25) is 4.79 Å². The van der Waals surface area contributed by atoms with Crippen molar-refractivity contribution in [3.05, 3.63) is 0 Å². The first-order valence-electron chi connectivity index (χ1n) is 7.02. The molecule has 3 aliphatic rings. The molecule has 1 amide bonds. The molecule has 4 heteroatoms. The molecule has 2 bridgehead atoms. The van der Waals surface area contributed by atoms with E-state index in [0.717, 1.165) is 32.2 Å². The highest BCUT2D eigenvalue weighted by Crippen LogP contribution is 2.34. The van der Waals surface area contributed by atoms with Crippen LogP contribution in [0.3, 0.4) is 0 Å². The van der Waals surface area contributed by atoms with E-state index in [-0.39, 0.29) is 24.1 Å². The Kier molecular flexibility index (Phi) is 3.34. The van der Waals surface area contributed by atoms with Crippen molar-refractivity contribution >= 4 is 5.91 Å². The SMILES string of the molecule is O=C(NC1CC2CCC1O2)C1CCCCCN1. The molecule has 0 aliphatic carbocycles. The summed E-state index contributed by atoms with van der Waals surface area (Å²) in [5.41, 5.74) is 0. The summed E-state index contributed by atoms with van der Waals surface area (Å²) in [5.74, 6) is 0.188. The van der Waals surface area contributed by atoms with Gasteiger partial charge < -0.3 is 15.4 Å². The van der Waals surface area contributed by atoms with E-state index in [9.17, 15) is 4.79 Å². The maximum Gasteiger partial charge on any atom is 0.237 e. The third kappa shape index (κ3) is 2.47. The number of hydrogen-bond donors (Lipinski definition) is 2. The van der Waals surface area contributed by atoms with Crippen molar-refractivity contribution in [1.82, 2.24) is 10.6 Å². The van der Waals surface area contributed by atoms with E-state index in [0.29, 0.717) is 6.10 Å². The van der Waals surface area contributed by atoms with Crippen molar-refractivity contribution in [2.45, 2.75) is 69.2 Å². The summed E-state index contributed by atoms with van der Waals surface area (Å²) in [6.45, 7) is 0.977. The Hall–Kier alpha value is -0.610. The summed E-state index contributed by atoms with van der Waals surface area (Å²) in [7, 11) is 0. The number of fused-ring (bicyclic) bond motifs is 2. The van der Waals surface area contributed by atoms with Gasteiger partial charge in [-0.05, 0) is 38.6 Å². The molecular weight excluding hydrogens is 216 g/mol. The molecule has 96 valence electrons. The zero-order valence-electron chi connectivity index (χ0n) is 10.3. The zero-order valence-corrected chi connectivity index (χ0v) is 10.3. The van der Waals surface area contributed by atoms with Crippen LogP contribution in [-0.2, 0) is 9.53 Å². The number of nitrogens with one attached hydrogen (secondary N) is 2. The molecule has 3 aliphatic heterocycles. The van der Waals surface area contributed by atoms with Crippen LogP contribution in [0.25, 0.3) is 0 Å². The minimum Gasteiger partial charge on any atom is -0.373 e. The molecule has 3 rings (SSSR count). The smallest absolute Gasteiger partial charge is 0.237 e. The van der Waals surface area contributed by atoms with Gasteiger partial charge in [0.15, 0.2) is 0 Å². The molecule has 0 saturated carbocycles. The highest BCUT2D eigenvalue weighted by Gasteiger charge is 2.41. The van der Waals surface area contributed by atoms with Crippen LogP contribution in [0, 0.1) is 0 Å². The van der Waals surface area contributed by atoms with E-state index >= 15 is 0 Å². The quantitative estimate of drug-likeness (QED) is 0.753. The predicted molar refractivity (Wildman–Crippen MR) is 64.7 cm³/mol. The molecule has 0 aromatic rings. The number of ether oxygens (including phenoxy) is 1. The van der Waals surface area contributed by atoms with Crippen LogP contribution in [0.1, 0.15) is 44.9 Å². The zero-order chi connectivity index (χ0) is 11.7. The lowest BCUT2D eigenvalue weighted by Crippen LogP contribution is -2.50. The van der Waals surface area contributed by atoms with Crippen LogP contribution >= 0.6 is 0 Å². The van der Waals surface area contributed by atoms with Crippen LogP contribution in [0.15, 0.2) is 0 Å². The highest BCUT2D eigenvalue weighted by atomic mass is 16.5. The molecular formula is C13H22N2O2. The van der Waals surface area contributed by atoms with Gasteiger partial charge in [0.25, 0.3) is 0 Å². The van der Waals surface area contributed by atoms with Crippen LogP contribution in [0.2, 0.25) is 0 Å². The summed E-state index contributed by atoms with van der Waals surface area (Å²) in [5, 5.41) is 6.53. The standard InChI is InChI=1S/C13H22N2O2/c16-13(10-4-2-1-3-7-14-10)15-11-8-9-5-6-12(11)17-9/h9-12,14H,1-8H2,(H,15,16). The summed E-state index contributed by atoms with van der Waals surface area (Å²) in [4.78, 5) is 12.2. The summed E-state index contributed by atoms with van der Waals surface area (Å²) in [6, 6.07) is 0.294. The first-order chi connectivity index (χ1) is 8.33. The second-order valence-electron chi connectivity index (χ2n) is 5.58. The topological polar surface area (TPSA) is 50.4 Å². The molecule has 3 saturated heterocycles. The van der Waals surface area contributed by atoms with E-state index in [1.165, 1.54) is 19.3 Å². The van der Waals surface area contributed by atoms with E-state index in [1.54, 1.807) is 0 Å². The highest BCUT2D eigenvalue weighted by molar-refractivity contribution is 5.82.